The van der Waals surface area contributed by atoms with Crippen LogP contribution >= 0.6 is 7.41 Å². The molecule has 0 atom stereocenters. The van der Waals surface area contributed by atoms with Gasteiger partial charge in [-0.2, -0.15) is 33.7 Å². The van der Waals surface area contributed by atoms with Crippen LogP contribution in [0.2, 0.25) is 18.1 Å². The Morgan fingerprint density at radius 1 is 0.476 bits per heavy atom. The second-order valence-corrected chi connectivity index (χ2v) is 39.0. The Kier molecular flexibility index (Phi) is 35.6. The first kappa shape index (κ1) is 88.9. The molecule has 25 heteroatoms. The van der Waals surface area contributed by atoms with Crippen LogP contribution < -0.4 is 43.8 Å². The van der Waals surface area contributed by atoms with Crippen LogP contribution in [0.25, 0.3) is 0 Å². The van der Waals surface area contributed by atoms with Crippen LogP contribution in [-0.4, -0.2) is 113 Å². The van der Waals surface area contributed by atoms with E-state index in [2.05, 4.69) is 201 Å². The van der Waals surface area contributed by atoms with Crippen LogP contribution in [0.5, 0.6) is 17.2 Å². The number of para-hydroxylation sites is 2. The smallest absolute Gasteiger partial charge is 0.335 e. The number of hydrogen-bond acceptors (Lipinski definition) is 15. The van der Waals surface area contributed by atoms with E-state index >= 15 is 0 Å². The highest BCUT2D eigenvalue weighted by molar-refractivity contribution is 7.94. The van der Waals surface area contributed by atoms with Crippen molar-refractivity contribution in [1.82, 2.24) is 0 Å². The van der Waals surface area contributed by atoms with Crippen LogP contribution in [0.4, 0.5) is 24.4 Å². The maximum atomic E-state index is 12.8. The number of alkyl halides is 1. The summed E-state index contributed by atoms with van der Waals surface area (Å²) < 4.78 is 137. The normalized spacial score (nSPS) is 11.6. The molecule has 0 N–H and O–H groups in total. The van der Waals surface area contributed by atoms with Crippen LogP contribution in [0, 0.1) is 6.92 Å². The van der Waals surface area contributed by atoms with E-state index in [4.69, 9.17) is 26.5 Å². The second-order valence-electron chi connectivity index (χ2n) is 26.0. The van der Waals surface area contributed by atoms with Crippen molar-refractivity contribution in [2.75, 3.05) is 74.1 Å². The number of nitrogens with zero attached hydrogens (tertiary/aromatic N) is 3. The van der Waals surface area contributed by atoms with Gasteiger partial charge < -0.3 is 27.9 Å². The molecule has 0 amide bonds. The molecule has 0 aliphatic heterocycles. The molecule has 103 heavy (non-hydrogen) atoms. The monoisotopic (exact) mass is 1530 g/mol. The standard InChI is InChI=1S/C27H33NO7S2.C22H32OSi.C19H17NP.C10H13F2NO2S.2FH.O2S/c1-27(2,22-10-14-25(33-3)15-11-22)23-12-16-26(17-13-23)35-37(31,32)21-19-28(18-20-36(29,30)34-4)24-8-6-5-7-9-24;1-17-9-11-18(12-10-17)22(5,6)19-13-15-20(16-14-19)23-24(7,8)21(2,3)4;1-20-21(17-11-5-2-6-12-17,18-13-7-3-8-14-18)19-15-9-4-10-16-19;11-6-7-13(8-9-16(12,14)15)10-4-2-1-3-5-10;;;1-3-2/h5-17H,18-21H2,1-4H3;9-16H,1-8H3;2-16H,1H2;1-5H,6-9H2;2*1H;/q;;+1;;;;/p-1. The Hall–Kier alpha value is -8.35. The molecule has 0 aromatic heterocycles. The summed E-state index contributed by atoms with van der Waals surface area (Å²) in [5.74, 6) is 0.757. The first-order valence-corrected chi connectivity index (χ1v) is 42.6. The Morgan fingerprint density at radius 3 is 1.11 bits per heavy atom. The van der Waals surface area contributed by atoms with Crippen LogP contribution in [-0.2, 0) is 57.0 Å². The highest BCUT2D eigenvalue weighted by Gasteiger charge is 2.45. The molecule has 0 aliphatic carbocycles. The van der Waals surface area contributed by atoms with Gasteiger partial charge in [0.25, 0.3) is 10.1 Å². The van der Waals surface area contributed by atoms with Gasteiger partial charge in [0.2, 0.25) is 15.7 Å². The van der Waals surface area contributed by atoms with Crippen molar-refractivity contribution in [3.63, 3.8) is 0 Å². The third-order valence-corrected chi connectivity index (χ3v) is 28.3. The molecule has 9 aromatic carbocycles. The maximum absolute atomic E-state index is 12.8. The van der Waals surface area contributed by atoms with Crippen molar-refractivity contribution in [2.45, 2.75) is 84.4 Å². The third kappa shape index (κ3) is 27.3. The van der Waals surface area contributed by atoms with E-state index in [1.165, 1.54) is 37.5 Å². The van der Waals surface area contributed by atoms with E-state index in [0.717, 1.165) is 29.7 Å². The van der Waals surface area contributed by atoms with Crippen LogP contribution in [0.1, 0.15) is 76.3 Å². The van der Waals surface area contributed by atoms with Crippen LogP contribution in [0.15, 0.2) is 253 Å². The predicted molar refractivity (Wildman–Crippen MR) is 419 cm³/mol. The van der Waals surface area contributed by atoms with Crippen molar-refractivity contribution < 1.29 is 68.9 Å². The lowest BCUT2D eigenvalue weighted by atomic mass is 9.78. The fourth-order valence-electron chi connectivity index (χ4n) is 10.3. The van der Waals surface area contributed by atoms with Gasteiger partial charge in [-0.1, -0.05) is 206 Å². The zero-order valence-electron chi connectivity index (χ0n) is 60.4. The molecule has 556 valence electrons. The predicted octanol–water partition coefficient (Wildman–Crippen LogP) is 12.8. The molecule has 0 aliphatic rings. The number of anilines is 2. The first-order valence-electron chi connectivity index (χ1n) is 32.6. The Balaban J connectivity index is 0.000000365. The van der Waals surface area contributed by atoms with Crippen molar-refractivity contribution in [2.24, 2.45) is 4.76 Å². The van der Waals surface area contributed by atoms with E-state index in [1.54, 1.807) is 78.7 Å². The molecule has 0 spiro atoms. The Labute approximate surface area is 613 Å². The lowest BCUT2D eigenvalue weighted by Gasteiger charge is -2.36. The summed E-state index contributed by atoms with van der Waals surface area (Å²) in [6.07, 6.45) is 0. The summed E-state index contributed by atoms with van der Waals surface area (Å²) >= 11 is -0.750. The summed E-state index contributed by atoms with van der Waals surface area (Å²) in [7, 11) is -13.2. The number of methoxy groups -OCH3 is 1. The maximum Gasteiger partial charge on any atom is 0.335 e. The molecular weight excluding hydrogens is 1430 g/mol. The lowest BCUT2D eigenvalue weighted by molar-refractivity contribution is -0.0000351. The number of hydrogen-bond donors (Lipinski definition) is 0. The molecule has 0 radical (unpaired) electrons. The van der Waals surface area contributed by atoms with Crippen molar-refractivity contribution >= 4 is 91.8 Å². The number of aryl methyl sites for hydroxylation is 1. The fraction of sp³-hybridized carbons (Fsp3) is 0.295. The SMILES string of the molecule is C=N[P+](c1ccccc1)(c1ccccc1)c1ccccc1.COc1ccc(C(C)(C)c2ccc(OS(=O)(=O)CCN(CCS(=O)(=O)OC)c3ccccc3)cc2)cc1.Cc1ccc(C(C)(C)c2ccc(O[Si](C)(C)C(C)(C)C)cc2)cc1.F.O=S(=O)(F)CCN(CCF)c1ccccc1.O=S=O.[F-]. The summed E-state index contributed by atoms with van der Waals surface area (Å²) in [5, 5.41) is 3.92. The summed E-state index contributed by atoms with van der Waals surface area (Å²) in [6, 6.07) is 81.5. The van der Waals surface area contributed by atoms with Gasteiger partial charge >= 0.3 is 31.9 Å². The second kappa shape index (κ2) is 41.2. The van der Waals surface area contributed by atoms with E-state index < -0.39 is 70.2 Å². The van der Waals surface area contributed by atoms with Gasteiger partial charge in [0.05, 0.1) is 25.7 Å². The fourth-order valence-corrected chi connectivity index (χ4v) is 16.5. The quantitative estimate of drug-likeness (QED) is 0.0118. The van der Waals surface area contributed by atoms with Crippen LogP contribution in [0.3, 0.4) is 0 Å². The zero-order chi connectivity index (χ0) is 74.6. The summed E-state index contributed by atoms with van der Waals surface area (Å²) in [5.41, 5.74) is 7.10. The first-order chi connectivity index (χ1) is 47.7. The number of rotatable bonds is 27. The number of benzene rings is 9. The molecule has 0 heterocycles. The van der Waals surface area contributed by atoms with E-state index in [-0.39, 0.29) is 68.7 Å². The number of halogens is 4. The molecule has 9 rings (SSSR count). The minimum absolute atomic E-state index is 0. The molecule has 0 bridgehead atoms. The topological polar surface area (TPSA) is 192 Å². The molecule has 15 nitrogen and oxygen atoms in total. The highest BCUT2D eigenvalue weighted by Crippen LogP contribution is 2.56. The van der Waals surface area contributed by atoms with Crippen molar-refractivity contribution in [1.29, 1.82) is 0 Å². The number of ether oxygens (including phenoxy) is 1. The Morgan fingerprint density at radius 2 is 0.786 bits per heavy atom. The minimum atomic E-state index is -4.51. The molecule has 0 fully saturated rings. The van der Waals surface area contributed by atoms with Gasteiger partial charge in [-0.15, -0.1) is 8.65 Å². The largest absolute Gasteiger partial charge is 1.00 e. The summed E-state index contributed by atoms with van der Waals surface area (Å²) in [4.78, 5) is 3.18. The van der Waals surface area contributed by atoms with E-state index in [1.807, 2.05) is 60.7 Å². The van der Waals surface area contributed by atoms with Gasteiger partial charge in [-0.05, 0) is 144 Å². The molecule has 0 unspecified atom stereocenters. The summed E-state index contributed by atoms with van der Waals surface area (Å²) in [6.45, 7) is 25.7. The van der Waals surface area contributed by atoms with Crippen molar-refractivity contribution in [3.05, 3.63) is 277 Å². The lowest BCUT2D eigenvalue weighted by Crippen LogP contribution is -3.00. The minimum Gasteiger partial charge on any atom is -1.00 e. The van der Waals surface area contributed by atoms with Gasteiger partial charge in [0.1, 0.15) is 45.6 Å². The molecular formula is C78H96F4N3O12PS4Si. The van der Waals surface area contributed by atoms with Gasteiger partial charge in [-0.25, -0.2) is 4.39 Å². The van der Waals surface area contributed by atoms with Crippen molar-refractivity contribution in [3.8, 4) is 17.2 Å². The molecule has 9 aromatic rings. The average molecular weight is 1530 g/mol. The van der Waals surface area contributed by atoms with E-state index in [0.29, 0.717) is 11.4 Å². The van der Waals surface area contributed by atoms with Gasteiger partial charge in [0, 0.05) is 55.1 Å². The molecule has 0 saturated carbocycles. The Bertz CT molecular complexity index is 4250. The van der Waals surface area contributed by atoms with Gasteiger partial charge in [0.15, 0.2) is 0 Å². The molecule has 0 saturated heterocycles. The van der Waals surface area contributed by atoms with Gasteiger partial charge in [-0.3, -0.25) is 8.89 Å². The average Bonchev–Trinajstić information content (AvgIpc) is 0.760. The zero-order valence-corrected chi connectivity index (χ0v) is 65.6. The highest BCUT2D eigenvalue weighted by atomic mass is 32.3. The van der Waals surface area contributed by atoms with E-state index in [9.17, 15) is 33.5 Å². The third-order valence-electron chi connectivity index (χ3n) is 17.4.